The summed E-state index contributed by atoms with van der Waals surface area (Å²) >= 11 is 0. The van der Waals surface area contributed by atoms with Gasteiger partial charge in [-0.1, -0.05) is 12.1 Å². The molecule has 168 valence electrons. The SMILES string of the molecule is CCN(CC(=O)Nc1ccccc1C(F)(F)F)C(=O)c1nc(C)n(-c2ccc(F)cc2)n1. The molecule has 0 fully saturated rings. The molecule has 3 aromatic rings. The van der Waals surface area contributed by atoms with Gasteiger partial charge in [0.15, 0.2) is 0 Å². The van der Waals surface area contributed by atoms with E-state index in [0.29, 0.717) is 11.5 Å². The quantitative estimate of drug-likeness (QED) is 0.580. The van der Waals surface area contributed by atoms with Crippen LogP contribution < -0.4 is 5.32 Å². The minimum atomic E-state index is -4.64. The number of nitrogens with zero attached hydrogens (tertiary/aromatic N) is 4. The van der Waals surface area contributed by atoms with E-state index in [1.54, 1.807) is 13.8 Å². The van der Waals surface area contributed by atoms with E-state index >= 15 is 0 Å². The molecule has 1 aromatic heterocycles. The number of hydrogen-bond acceptors (Lipinski definition) is 4. The summed E-state index contributed by atoms with van der Waals surface area (Å²) in [5.74, 6) is -1.74. The van der Waals surface area contributed by atoms with E-state index in [0.717, 1.165) is 17.0 Å². The predicted octanol–water partition coefficient (Wildman–Crippen LogP) is 3.83. The third kappa shape index (κ3) is 5.10. The van der Waals surface area contributed by atoms with Crippen molar-refractivity contribution in [3.8, 4) is 5.69 Å². The number of aromatic nitrogens is 3. The highest BCUT2D eigenvalue weighted by Crippen LogP contribution is 2.34. The van der Waals surface area contributed by atoms with Crippen molar-refractivity contribution in [2.75, 3.05) is 18.4 Å². The molecule has 3 rings (SSSR count). The number of likely N-dealkylation sites (N-methyl/N-ethyl adjacent to an activating group) is 1. The van der Waals surface area contributed by atoms with Gasteiger partial charge in [0.05, 0.1) is 16.9 Å². The summed E-state index contributed by atoms with van der Waals surface area (Å²) in [4.78, 5) is 30.4. The molecule has 0 bridgehead atoms. The second-order valence-electron chi connectivity index (χ2n) is 6.78. The van der Waals surface area contributed by atoms with Crippen molar-refractivity contribution in [1.29, 1.82) is 0 Å². The molecule has 0 saturated heterocycles. The van der Waals surface area contributed by atoms with E-state index in [-0.39, 0.29) is 12.4 Å². The van der Waals surface area contributed by atoms with Crippen LogP contribution in [0.3, 0.4) is 0 Å². The second kappa shape index (κ2) is 9.16. The molecule has 0 aliphatic carbocycles. The zero-order valence-electron chi connectivity index (χ0n) is 17.2. The van der Waals surface area contributed by atoms with Gasteiger partial charge < -0.3 is 10.2 Å². The van der Waals surface area contributed by atoms with Crippen LogP contribution in [0.25, 0.3) is 5.69 Å². The van der Waals surface area contributed by atoms with Gasteiger partial charge in [0, 0.05) is 6.54 Å². The summed E-state index contributed by atoms with van der Waals surface area (Å²) in [5.41, 5.74) is -0.902. The summed E-state index contributed by atoms with van der Waals surface area (Å²) in [6.07, 6.45) is -4.64. The monoisotopic (exact) mass is 449 g/mol. The van der Waals surface area contributed by atoms with Gasteiger partial charge in [-0.3, -0.25) is 9.59 Å². The van der Waals surface area contributed by atoms with Gasteiger partial charge in [-0.15, -0.1) is 5.10 Å². The maximum absolute atomic E-state index is 13.1. The van der Waals surface area contributed by atoms with Crippen LogP contribution in [0.4, 0.5) is 23.2 Å². The minimum absolute atomic E-state index is 0.0946. The Balaban J connectivity index is 1.75. The maximum Gasteiger partial charge on any atom is 0.418 e. The Morgan fingerprint density at radius 1 is 1.09 bits per heavy atom. The summed E-state index contributed by atoms with van der Waals surface area (Å²) in [6, 6.07) is 9.97. The van der Waals surface area contributed by atoms with Gasteiger partial charge >= 0.3 is 6.18 Å². The van der Waals surface area contributed by atoms with Crippen molar-refractivity contribution in [3.63, 3.8) is 0 Å². The predicted molar refractivity (Wildman–Crippen MR) is 108 cm³/mol. The molecule has 0 aliphatic rings. The lowest BCUT2D eigenvalue weighted by molar-refractivity contribution is -0.137. The molecule has 0 unspecified atom stereocenters. The van der Waals surface area contributed by atoms with Gasteiger partial charge in [-0.05, 0) is 50.2 Å². The van der Waals surface area contributed by atoms with E-state index < -0.39 is 41.6 Å². The molecule has 2 aromatic carbocycles. The zero-order chi connectivity index (χ0) is 23.5. The normalized spacial score (nSPS) is 11.3. The fourth-order valence-electron chi connectivity index (χ4n) is 2.98. The van der Waals surface area contributed by atoms with Crippen LogP contribution in [0.1, 0.15) is 28.9 Å². The molecule has 1 N–H and O–H groups in total. The third-order valence-corrected chi connectivity index (χ3v) is 4.54. The fourth-order valence-corrected chi connectivity index (χ4v) is 2.98. The first-order valence-corrected chi connectivity index (χ1v) is 9.55. The number of benzene rings is 2. The smallest absolute Gasteiger partial charge is 0.327 e. The Kier molecular flexibility index (Phi) is 6.56. The number of carbonyl (C=O) groups excluding carboxylic acids is 2. The van der Waals surface area contributed by atoms with E-state index in [9.17, 15) is 27.2 Å². The van der Waals surface area contributed by atoms with Crippen LogP contribution in [-0.4, -0.2) is 44.6 Å². The van der Waals surface area contributed by atoms with Crippen LogP contribution in [0.2, 0.25) is 0 Å². The third-order valence-electron chi connectivity index (χ3n) is 4.54. The van der Waals surface area contributed by atoms with Crippen molar-refractivity contribution in [2.24, 2.45) is 0 Å². The molecule has 0 radical (unpaired) electrons. The maximum atomic E-state index is 13.1. The Morgan fingerprint density at radius 3 is 2.38 bits per heavy atom. The molecule has 7 nitrogen and oxygen atoms in total. The second-order valence-corrected chi connectivity index (χ2v) is 6.78. The standard InChI is InChI=1S/C21H19F4N5O2/c1-3-29(12-18(31)27-17-7-5-4-6-16(17)21(23,24)25)20(32)19-26-13(2)30(28-19)15-10-8-14(22)9-11-15/h4-11H,3,12H2,1-2H3,(H,27,31). The number of aryl methyl sites for hydroxylation is 1. The zero-order valence-corrected chi connectivity index (χ0v) is 17.2. The molecule has 0 atom stereocenters. The number of amides is 2. The van der Waals surface area contributed by atoms with Crippen molar-refractivity contribution in [3.05, 3.63) is 71.6 Å². The topological polar surface area (TPSA) is 80.1 Å². The van der Waals surface area contributed by atoms with Gasteiger partial charge in [0.1, 0.15) is 18.2 Å². The molecular weight excluding hydrogens is 430 g/mol. The first-order valence-electron chi connectivity index (χ1n) is 9.55. The van der Waals surface area contributed by atoms with E-state index in [1.165, 1.54) is 41.1 Å². The highest BCUT2D eigenvalue weighted by atomic mass is 19.4. The lowest BCUT2D eigenvalue weighted by atomic mass is 10.1. The molecule has 11 heteroatoms. The molecule has 32 heavy (non-hydrogen) atoms. The molecule has 1 heterocycles. The van der Waals surface area contributed by atoms with Gasteiger partial charge in [0.2, 0.25) is 11.7 Å². The number of alkyl halides is 3. The molecule has 0 aliphatic heterocycles. The average molecular weight is 449 g/mol. The average Bonchev–Trinajstić information content (AvgIpc) is 3.13. The Morgan fingerprint density at radius 2 is 1.75 bits per heavy atom. The molecular formula is C21H19F4N5O2. The van der Waals surface area contributed by atoms with Crippen molar-refractivity contribution < 1.29 is 27.2 Å². The van der Waals surface area contributed by atoms with Crippen LogP contribution in [0.5, 0.6) is 0 Å². The molecule has 0 spiro atoms. The lowest BCUT2D eigenvalue weighted by Crippen LogP contribution is -2.38. The van der Waals surface area contributed by atoms with Crippen LogP contribution >= 0.6 is 0 Å². The number of hydrogen-bond donors (Lipinski definition) is 1. The summed E-state index contributed by atoms with van der Waals surface area (Å²) < 4.78 is 53.9. The van der Waals surface area contributed by atoms with E-state index in [2.05, 4.69) is 15.4 Å². The van der Waals surface area contributed by atoms with E-state index in [1.807, 2.05) is 0 Å². The number of para-hydroxylation sites is 1. The van der Waals surface area contributed by atoms with Crippen molar-refractivity contribution in [2.45, 2.75) is 20.0 Å². The Bertz CT molecular complexity index is 1130. The van der Waals surface area contributed by atoms with Gasteiger partial charge in [-0.25, -0.2) is 14.1 Å². The fraction of sp³-hybridized carbons (Fsp3) is 0.238. The van der Waals surface area contributed by atoms with E-state index in [4.69, 9.17) is 0 Å². The van der Waals surface area contributed by atoms with Gasteiger partial charge in [0.25, 0.3) is 5.91 Å². The largest absolute Gasteiger partial charge is 0.418 e. The number of carbonyl (C=O) groups is 2. The van der Waals surface area contributed by atoms with Crippen LogP contribution in [0.15, 0.2) is 48.5 Å². The summed E-state index contributed by atoms with van der Waals surface area (Å²) in [7, 11) is 0. The number of anilines is 1. The molecule has 2 amide bonds. The number of halogens is 4. The minimum Gasteiger partial charge on any atom is -0.327 e. The van der Waals surface area contributed by atoms with Crippen LogP contribution in [-0.2, 0) is 11.0 Å². The Hall–Kier alpha value is -3.76. The first-order chi connectivity index (χ1) is 15.1. The molecule has 0 saturated carbocycles. The highest BCUT2D eigenvalue weighted by Gasteiger charge is 2.33. The summed E-state index contributed by atoms with van der Waals surface area (Å²) in [5, 5.41) is 6.33. The summed E-state index contributed by atoms with van der Waals surface area (Å²) in [6.45, 7) is 2.81. The van der Waals surface area contributed by atoms with Crippen molar-refractivity contribution >= 4 is 17.5 Å². The number of rotatable bonds is 6. The highest BCUT2D eigenvalue weighted by molar-refractivity contribution is 5.98. The van der Waals surface area contributed by atoms with Crippen molar-refractivity contribution in [1.82, 2.24) is 19.7 Å². The lowest BCUT2D eigenvalue weighted by Gasteiger charge is -2.19. The first kappa shape index (κ1) is 22.9. The Labute approximate surface area is 180 Å². The van der Waals surface area contributed by atoms with Crippen LogP contribution in [0, 0.1) is 12.7 Å². The number of nitrogens with one attached hydrogen (secondary N) is 1. The van der Waals surface area contributed by atoms with Gasteiger partial charge in [-0.2, -0.15) is 13.2 Å².